The predicted octanol–water partition coefficient (Wildman–Crippen LogP) is 4.99. The molecule has 3 aromatic carbocycles. The molecular weight excluding hydrogens is 428 g/mol. The third-order valence-electron chi connectivity index (χ3n) is 6.01. The van der Waals surface area contributed by atoms with Crippen LogP contribution in [0.15, 0.2) is 72.9 Å². The minimum absolute atomic E-state index is 0.130. The number of para-hydroxylation sites is 1. The Morgan fingerprint density at radius 3 is 2.44 bits per heavy atom. The van der Waals surface area contributed by atoms with Crippen molar-refractivity contribution in [2.24, 2.45) is 0 Å². The van der Waals surface area contributed by atoms with Crippen molar-refractivity contribution in [3.05, 3.63) is 78.5 Å². The Bertz CT molecular complexity index is 1280. The molecule has 0 saturated carbocycles. The van der Waals surface area contributed by atoms with Crippen LogP contribution < -0.4 is 15.1 Å². The van der Waals surface area contributed by atoms with Crippen LogP contribution in [0.2, 0.25) is 0 Å². The van der Waals surface area contributed by atoms with Gasteiger partial charge in [-0.15, -0.1) is 0 Å². The number of benzene rings is 3. The zero-order valence-corrected chi connectivity index (χ0v) is 19.0. The first kappa shape index (κ1) is 21.9. The van der Waals surface area contributed by atoms with E-state index in [0.717, 1.165) is 40.9 Å². The van der Waals surface area contributed by atoms with E-state index in [1.807, 2.05) is 42.5 Å². The van der Waals surface area contributed by atoms with Crippen molar-refractivity contribution in [3.63, 3.8) is 0 Å². The Kier molecular flexibility index (Phi) is 6.35. The Labute approximate surface area is 198 Å². The molecular formula is C27H26N4O3. The molecule has 1 saturated heterocycles. The topological polar surface area (TPSA) is 76.6 Å². The number of anilines is 1. The molecule has 7 nitrogen and oxygen atoms in total. The van der Waals surface area contributed by atoms with Gasteiger partial charge in [0.2, 0.25) is 0 Å². The molecule has 5 rings (SSSR count). The molecule has 1 aliphatic heterocycles. The van der Waals surface area contributed by atoms with Crippen molar-refractivity contribution in [1.82, 2.24) is 14.9 Å². The molecule has 1 N–H and O–H groups in total. The lowest BCUT2D eigenvalue weighted by Crippen LogP contribution is -2.26. The highest BCUT2D eigenvalue weighted by Crippen LogP contribution is 2.29. The van der Waals surface area contributed by atoms with E-state index in [-0.39, 0.29) is 5.78 Å². The highest BCUT2D eigenvalue weighted by Gasteiger charge is 2.16. The Balaban J connectivity index is 1.29. The summed E-state index contributed by atoms with van der Waals surface area (Å²) in [5.74, 6) is 1.86. The van der Waals surface area contributed by atoms with Crippen LogP contribution in [-0.4, -0.2) is 47.4 Å². The van der Waals surface area contributed by atoms with Crippen LogP contribution in [0.1, 0.15) is 23.2 Å². The fourth-order valence-corrected chi connectivity index (χ4v) is 4.16. The van der Waals surface area contributed by atoms with E-state index in [0.29, 0.717) is 23.8 Å². The van der Waals surface area contributed by atoms with Crippen molar-refractivity contribution in [2.45, 2.75) is 12.8 Å². The highest BCUT2D eigenvalue weighted by molar-refractivity contribution is 5.97. The minimum atomic E-state index is 0.130. The molecule has 1 aliphatic rings. The third-order valence-corrected chi connectivity index (χ3v) is 6.01. The third kappa shape index (κ3) is 4.84. The van der Waals surface area contributed by atoms with Gasteiger partial charge in [-0.1, -0.05) is 30.3 Å². The number of rotatable bonds is 8. The van der Waals surface area contributed by atoms with Crippen LogP contribution in [0.25, 0.3) is 22.0 Å². The van der Waals surface area contributed by atoms with E-state index in [4.69, 9.17) is 9.57 Å². The van der Waals surface area contributed by atoms with Gasteiger partial charge in [-0.2, -0.15) is 5.48 Å². The average Bonchev–Trinajstić information content (AvgIpc) is 3.40. The second-order valence-electron chi connectivity index (χ2n) is 8.30. The smallest absolute Gasteiger partial charge is 0.257 e. The lowest BCUT2D eigenvalue weighted by atomic mass is 10.0. The number of nitrogens with one attached hydrogen (secondary N) is 1. The van der Waals surface area contributed by atoms with Crippen LogP contribution in [-0.2, 0) is 0 Å². The fourth-order valence-electron chi connectivity index (χ4n) is 4.16. The van der Waals surface area contributed by atoms with Gasteiger partial charge in [0.1, 0.15) is 5.75 Å². The number of carbonyl (C=O) groups excluding carboxylic acids is 1. The first-order valence-corrected chi connectivity index (χ1v) is 11.4. The normalized spacial score (nSPS) is 13.7. The summed E-state index contributed by atoms with van der Waals surface area (Å²) in [7, 11) is 1.65. The van der Waals surface area contributed by atoms with E-state index in [9.17, 15) is 4.79 Å². The van der Waals surface area contributed by atoms with Gasteiger partial charge in [-0.25, -0.2) is 9.97 Å². The van der Waals surface area contributed by atoms with Crippen molar-refractivity contribution < 1.29 is 14.4 Å². The standard InChI is InChI=1S/C27H26N4O3/c1-33-22-11-7-19(8-12-22)24-6-4-5-21-17-28-27(29-26(21)24)30-34-23-13-9-20(10-14-23)25(32)18-31-15-2-3-16-31/h4-14,17H,2-3,15-16,18H2,1H3,(H,28,29,30). The SMILES string of the molecule is COc1ccc(-c2cccc3cnc(NOc4ccc(C(=O)CN5CCCC5)cc4)nc23)cc1. The fraction of sp³-hybridized carbons (Fsp3) is 0.222. The number of hydrogen-bond acceptors (Lipinski definition) is 7. The van der Waals surface area contributed by atoms with Crippen LogP contribution in [0.3, 0.4) is 0 Å². The molecule has 7 heteroatoms. The average molecular weight is 455 g/mol. The Morgan fingerprint density at radius 2 is 1.71 bits per heavy atom. The molecule has 0 spiro atoms. The van der Waals surface area contributed by atoms with Gasteiger partial charge < -0.3 is 9.57 Å². The number of methoxy groups -OCH3 is 1. The lowest BCUT2D eigenvalue weighted by molar-refractivity contribution is 0.0945. The number of ketones is 1. The molecule has 34 heavy (non-hydrogen) atoms. The number of fused-ring (bicyclic) bond motifs is 1. The van der Waals surface area contributed by atoms with Crippen LogP contribution in [0.5, 0.6) is 11.5 Å². The first-order chi connectivity index (χ1) is 16.7. The second kappa shape index (κ2) is 9.89. The predicted molar refractivity (Wildman–Crippen MR) is 132 cm³/mol. The number of nitrogens with zero attached hydrogens (tertiary/aromatic N) is 3. The van der Waals surface area contributed by atoms with Crippen molar-refractivity contribution in [2.75, 3.05) is 32.2 Å². The quantitative estimate of drug-likeness (QED) is 0.297. The summed E-state index contributed by atoms with van der Waals surface area (Å²) in [5, 5.41) is 0.930. The molecule has 0 radical (unpaired) electrons. The summed E-state index contributed by atoms with van der Waals surface area (Å²) in [6.45, 7) is 2.48. The van der Waals surface area contributed by atoms with Gasteiger partial charge in [0.05, 0.1) is 19.2 Å². The van der Waals surface area contributed by atoms with Gasteiger partial charge in [0.15, 0.2) is 11.5 Å². The van der Waals surface area contributed by atoms with Gasteiger partial charge in [0.25, 0.3) is 5.95 Å². The maximum Gasteiger partial charge on any atom is 0.257 e. The molecule has 172 valence electrons. The molecule has 0 amide bonds. The molecule has 1 fully saturated rings. The Hall–Kier alpha value is -3.97. The van der Waals surface area contributed by atoms with E-state index in [1.54, 1.807) is 37.6 Å². The summed E-state index contributed by atoms with van der Waals surface area (Å²) in [5.41, 5.74) is 6.35. The summed E-state index contributed by atoms with van der Waals surface area (Å²) in [6, 6.07) is 21.0. The summed E-state index contributed by atoms with van der Waals surface area (Å²) in [4.78, 5) is 29.4. The summed E-state index contributed by atoms with van der Waals surface area (Å²) in [6.07, 6.45) is 4.11. The van der Waals surface area contributed by atoms with Gasteiger partial charge in [-0.05, 0) is 67.9 Å². The monoisotopic (exact) mass is 454 g/mol. The van der Waals surface area contributed by atoms with Gasteiger partial charge in [0, 0.05) is 22.7 Å². The number of ether oxygens (including phenoxy) is 1. The first-order valence-electron chi connectivity index (χ1n) is 11.4. The summed E-state index contributed by atoms with van der Waals surface area (Å²) < 4.78 is 5.26. The van der Waals surface area contributed by atoms with Crippen LogP contribution in [0.4, 0.5) is 5.95 Å². The molecule has 4 aromatic rings. The van der Waals surface area contributed by atoms with Crippen molar-refractivity contribution in [3.8, 4) is 22.6 Å². The summed E-state index contributed by atoms with van der Waals surface area (Å²) >= 11 is 0. The van der Waals surface area contributed by atoms with Crippen molar-refractivity contribution in [1.29, 1.82) is 0 Å². The highest BCUT2D eigenvalue weighted by atomic mass is 16.6. The molecule has 0 aliphatic carbocycles. The van der Waals surface area contributed by atoms with E-state index in [2.05, 4.69) is 20.3 Å². The molecule has 2 heterocycles. The van der Waals surface area contributed by atoms with E-state index in [1.165, 1.54) is 12.8 Å². The number of aromatic nitrogens is 2. The van der Waals surface area contributed by atoms with Crippen LogP contribution >= 0.6 is 0 Å². The van der Waals surface area contributed by atoms with Crippen molar-refractivity contribution >= 4 is 22.6 Å². The largest absolute Gasteiger partial charge is 0.497 e. The lowest BCUT2D eigenvalue weighted by Gasteiger charge is -2.13. The maximum absolute atomic E-state index is 12.5. The minimum Gasteiger partial charge on any atom is -0.497 e. The second-order valence-corrected chi connectivity index (χ2v) is 8.30. The Morgan fingerprint density at radius 1 is 0.971 bits per heavy atom. The van der Waals surface area contributed by atoms with E-state index < -0.39 is 0 Å². The zero-order chi connectivity index (χ0) is 23.3. The molecule has 0 bridgehead atoms. The van der Waals surface area contributed by atoms with Crippen LogP contribution in [0, 0.1) is 0 Å². The van der Waals surface area contributed by atoms with Gasteiger partial charge >= 0.3 is 0 Å². The number of carbonyl (C=O) groups is 1. The zero-order valence-electron chi connectivity index (χ0n) is 19.0. The molecule has 0 atom stereocenters. The maximum atomic E-state index is 12.5. The van der Waals surface area contributed by atoms with E-state index >= 15 is 0 Å². The number of likely N-dealkylation sites (tertiary alicyclic amines) is 1. The molecule has 1 aromatic heterocycles. The number of Topliss-reactive ketones (excluding diaryl/α,β-unsaturated/α-hetero) is 1. The van der Waals surface area contributed by atoms with Gasteiger partial charge in [-0.3, -0.25) is 9.69 Å². The number of hydrogen-bond donors (Lipinski definition) is 1. The molecule has 0 unspecified atom stereocenters.